The van der Waals surface area contributed by atoms with Crippen LogP contribution >= 0.6 is 11.8 Å². The number of amides is 1. The van der Waals surface area contributed by atoms with Gasteiger partial charge in [0.1, 0.15) is 5.60 Å². The molecule has 0 aliphatic rings. The lowest BCUT2D eigenvalue weighted by molar-refractivity contribution is -0.109. The molecule has 0 rings (SSSR count). The van der Waals surface area contributed by atoms with Crippen molar-refractivity contribution in [1.82, 2.24) is 5.32 Å². The number of aliphatic hydroxyl groups excluding tert-OH is 1. The zero-order chi connectivity index (χ0) is 12.8. The Morgan fingerprint density at radius 3 is 2.44 bits per heavy atom. The highest BCUT2D eigenvalue weighted by Gasteiger charge is 2.16. The van der Waals surface area contributed by atoms with Gasteiger partial charge in [0.25, 0.3) is 0 Å². The molecule has 6 heteroatoms. The van der Waals surface area contributed by atoms with Gasteiger partial charge in [0.05, 0.1) is 6.10 Å². The smallest absolute Gasteiger partial charge is 0.407 e. The molecule has 0 spiro atoms. The molecule has 1 unspecified atom stereocenters. The second-order valence-electron chi connectivity index (χ2n) is 4.34. The third-order valence-electron chi connectivity index (χ3n) is 1.36. The minimum absolute atomic E-state index is 0.0590. The Bertz CT molecular complexity index is 250. The van der Waals surface area contributed by atoms with Gasteiger partial charge in [-0.05, 0) is 20.8 Å². The van der Waals surface area contributed by atoms with Gasteiger partial charge in [-0.25, -0.2) is 4.79 Å². The number of aliphatic hydroxyl groups is 1. The van der Waals surface area contributed by atoms with Crippen LogP contribution in [-0.4, -0.2) is 40.3 Å². The second kappa shape index (κ2) is 6.75. The number of rotatable bonds is 4. The Morgan fingerprint density at radius 1 is 1.44 bits per heavy atom. The van der Waals surface area contributed by atoms with E-state index < -0.39 is 17.8 Å². The predicted octanol–water partition coefficient (Wildman–Crippen LogP) is 1.15. The lowest BCUT2D eigenvalue weighted by Gasteiger charge is -2.20. The maximum atomic E-state index is 11.2. The van der Waals surface area contributed by atoms with E-state index in [0.717, 1.165) is 11.8 Å². The molecule has 16 heavy (non-hydrogen) atoms. The average molecular weight is 249 g/mol. The van der Waals surface area contributed by atoms with Crippen molar-refractivity contribution in [2.24, 2.45) is 0 Å². The molecular weight excluding hydrogens is 230 g/mol. The minimum Gasteiger partial charge on any atom is -0.444 e. The van der Waals surface area contributed by atoms with Crippen LogP contribution in [0.25, 0.3) is 0 Å². The minimum atomic E-state index is -0.749. The Labute approximate surface area is 99.9 Å². The van der Waals surface area contributed by atoms with E-state index in [1.165, 1.54) is 6.92 Å². The summed E-state index contributed by atoms with van der Waals surface area (Å²) in [6.07, 6.45) is -1.32. The normalized spacial score (nSPS) is 13.1. The van der Waals surface area contributed by atoms with E-state index in [4.69, 9.17) is 4.74 Å². The summed E-state index contributed by atoms with van der Waals surface area (Å²) in [5, 5.41) is 11.8. The van der Waals surface area contributed by atoms with Gasteiger partial charge in [-0.1, -0.05) is 11.8 Å². The van der Waals surface area contributed by atoms with Gasteiger partial charge in [-0.3, -0.25) is 4.79 Å². The van der Waals surface area contributed by atoms with E-state index in [1.807, 2.05) is 0 Å². The topological polar surface area (TPSA) is 75.6 Å². The number of carbonyl (C=O) groups is 2. The fourth-order valence-electron chi connectivity index (χ4n) is 0.788. The average Bonchev–Trinajstić information content (AvgIpc) is 2.08. The van der Waals surface area contributed by atoms with Crippen molar-refractivity contribution in [3.63, 3.8) is 0 Å². The van der Waals surface area contributed by atoms with Crippen molar-refractivity contribution in [1.29, 1.82) is 0 Å². The molecule has 0 aliphatic carbocycles. The molecule has 0 fully saturated rings. The zero-order valence-electron chi connectivity index (χ0n) is 10.1. The third kappa shape index (κ3) is 9.79. The van der Waals surface area contributed by atoms with Crippen LogP contribution in [0, 0.1) is 0 Å². The van der Waals surface area contributed by atoms with Crippen molar-refractivity contribution in [2.45, 2.75) is 39.4 Å². The number of ether oxygens (including phenoxy) is 1. The molecule has 1 amide bonds. The van der Waals surface area contributed by atoms with E-state index in [-0.39, 0.29) is 17.4 Å². The lowest BCUT2D eigenvalue weighted by Crippen LogP contribution is -2.37. The summed E-state index contributed by atoms with van der Waals surface area (Å²) in [7, 11) is 0. The summed E-state index contributed by atoms with van der Waals surface area (Å²) in [6, 6.07) is 0. The molecule has 0 aromatic rings. The maximum Gasteiger partial charge on any atom is 0.407 e. The van der Waals surface area contributed by atoms with E-state index in [9.17, 15) is 14.7 Å². The molecule has 0 saturated heterocycles. The van der Waals surface area contributed by atoms with Gasteiger partial charge in [0.2, 0.25) is 0 Å². The molecule has 0 bridgehead atoms. The first kappa shape index (κ1) is 15.2. The Morgan fingerprint density at radius 2 is 2.00 bits per heavy atom. The number of hydrogen-bond acceptors (Lipinski definition) is 5. The molecule has 94 valence electrons. The highest BCUT2D eigenvalue weighted by Crippen LogP contribution is 2.07. The standard InChI is InChI=1S/C10H19NO4S/c1-7(12)16-6-8(13)5-11-9(14)15-10(2,3)4/h8,13H,5-6H2,1-4H3,(H,11,14). The van der Waals surface area contributed by atoms with Crippen LogP contribution in [0.5, 0.6) is 0 Å². The van der Waals surface area contributed by atoms with E-state index in [1.54, 1.807) is 20.8 Å². The first-order valence-corrected chi connectivity index (χ1v) is 5.97. The Hall–Kier alpha value is -0.750. The molecule has 0 saturated carbocycles. The van der Waals surface area contributed by atoms with Gasteiger partial charge >= 0.3 is 6.09 Å². The number of alkyl carbamates (subject to hydrolysis) is 1. The first-order chi connectivity index (χ1) is 7.20. The summed E-state index contributed by atoms with van der Waals surface area (Å²) < 4.78 is 4.98. The first-order valence-electron chi connectivity index (χ1n) is 4.99. The molecule has 0 aliphatic heterocycles. The Kier molecular flexibility index (Phi) is 6.43. The summed E-state index contributed by atoms with van der Waals surface area (Å²) in [4.78, 5) is 21.8. The summed E-state index contributed by atoms with van der Waals surface area (Å²) in [5.74, 6) is 0.269. The van der Waals surface area contributed by atoms with Crippen molar-refractivity contribution in [2.75, 3.05) is 12.3 Å². The van der Waals surface area contributed by atoms with Gasteiger partial charge in [0.15, 0.2) is 5.12 Å². The largest absolute Gasteiger partial charge is 0.444 e. The van der Waals surface area contributed by atoms with Crippen molar-refractivity contribution in [3.05, 3.63) is 0 Å². The molecule has 0 radical (unpaired) electrons. The van der Waals surface area contributed by atoms with Crippen molar-refractivity contribution >= 4 is 23.0 Å². The number of hydrogen-bond donors (Lipinski definition) is 2. The number of nitrogens with one attached hydrogen (secondary N) is 1. The van der Waals surface area contributed by atoms with E-state index in [2.05, 4.69) is 5.32 Å². The highest BCUT2D eigenvalue weighted by atomic mass is 32.2. The SMILES string of the molecule is CC(=O)SCC(O)CNC(=O)OC(C)(C)C. The quantitative estimate of drug-likeness (QED) is 0.781. The van der Waals surface area contributed by atoms with E-state index in [0.29, 0.717) is 0 Å². The molecule has 0 heterocycles. The fourth-order valence-corrected chi connectivity index (χ4v) is 1.33. The molecule has 0 aromatic heterocycles. The lowest BCUT2D eigenvalue weighted by atomic mass is 10.2. The third-order valence-corrected chi connectivity index (χ3v) is 2.32. The number of carbonyl (C=O) groups excluding carboxylic acids is 2. The van der Waals surface area contributed by atoms with Gasteiger partial charge in [0, 0.05) is 19.2 Å². The van der Waals surface area contributed by atoms with Crippen molar-refractivity contribution < 1.29 is 19.4 Å². The van der Waals surface area contributed by atoms with E-state index >= 15 is 0 Å². The molecule has 2 N–H and O–H groups in total. The monoisotopic (exact) mass is 249 g/mol. The molecule has 0 aromatic carbocycles. The van der Waals surface area contributed by atoms with Crippen LogP contribution in [0.4, 0.5) is 4.79 Å². The number of thioether (sulfide) groups is 1. The second-order valence-corrected chi connectivity index (χ2v) is 5.54. The van der Waals surface area contributed by atoms with Gasteiger partial charge in [-0.15, -0.1) is 0 Å². The van der Waals surface area contributed by atoms with Crippen LogP contribution < -0.4 is 5.32 Å². The Balaban J connectivity index is 3.71. The van der Waals surface area contributed by atoms with Crippen LogP contribution in [0.2, 0.25) is 0 Å². The molecule has 1 atom stereocenters. The molecular formula is C10H19NO4S. The van der Waals surface area contributed by atoms with Crippen molar-refractivity contribution in [3.8, 4) is 0 Å². The predicted molar refractivity (Wildman–Crippen MR) is 63.4 cm³/mol. The van der Waals surface area contributed by atoms with Gasteiger partial charge in [-0.2, -0.15) is 0 Å². The van der Waals surface area contributed by atoms with Crippen LogP contribution in [-0.2, 0) is 9.53 Å². The highest BCUT2D eigenvalue weighted by molar-refractivity contribution is 8.13. The van der Waals surface area contributed by atoms with Crippen LogP contribution in [0.1, 0.15) is 27.7 Å². The summed E-state index contributed by atoms with van der Waals surface area (Å²) in [6.45, 7) is 6.78. The maximum absolute atomic E-state index is 11.2. The van der Waals surface area contributed by atoms with Crippen LogP contribution in [0.15, 0.2) is 0 Å². The summed E-state index contributed by atoms with van der Waals surface area (Å²) in [5.41, 5.74) is -0.552. The summed E-state index contributed by atoms with van der Waals surface area (Å²) >= 11 is 1.02. The molecule has 5 nitrogen and oxygen atoms in total. The van der Waals surface area contributed by atoms with Gasteiger partial charge < -0.3 is 15.2 Å². The fraction of sp³-hybridized carbons (Fsp3) is 0.800. The zero-order valence-corrected chi connectivity index (χ0v) is 10.9. The van der Waals surface area contributed by atoms with Crippen LogP contribution in [0.3, 0.4) is 0 Å².